The van der Waals surface area contributed by atoms with Crippen LogP contribution in [0.3, 0.4) is 0 Å². The minimum atomic E-state index is 0.213. The van der Waals surface area contributed by atoms with Gasteiger partial charge in [0, 0.05) is 67.3 Å². The third-order valence-electron chi connectivity index (χ3n) is 5.17. The summed E-state index contributed by atoms with van der Waals surface area (Å²) in [6.07, 6.45) is 0.979. The van der Waals surface area contributed by atoms with Crippen molar-refractivity contribution < 1.29 is 4.79 Å². The fourth-order valence-corrected chi connectivity index (χ4v) is 4.06. The number of rotatable bonds is 2. The average Bonchev–Trinajstić information content (AvgIpc) is 2.88. The number of hydrogen-bond acceptors (Lipinski definition) is 3. The van der Waals surface area contributed by atoms with Crippen LogP contribution in [0.2, 0.25) is 5.02 Å². The van der Waals surface area contributed by atoms with Crippen LogP contribution in [0, 0.1) is 0 Å². The van der Waals surface area contributed by atoms with Gasteiger partial charge in [0.15, 0.2) is 0 Å². The van der Waals surface area contributed by atoms with Crippen molar-refractivity contribution >= 4 is 28.4 Å². The van der Waals surface area contributed by atoms with Gasteiger partial charge in [0.05, 0.1) is 0 Å². The van der Waals surface area contributed by atoms with Crippen molar-refractivity contribution in [2.75, 3.05) is 39.8 Å². The molecule has 0 unspecified atom stereocenters. The van der Waals surface area contributed by atoms with E-state index in [2.05, 4.69) is 27.9 Å². The number of likely N-dealkylation sites (N-methyl/N-ethyl adjacent to an activating group) is 1. The van der Waals surface area contributed by atoms with Crippen molar-refractivity contribution in [2.45, 2.75) is 19.5 Å². The fourth-order valence-electron chi connectivity index (χ4n) is 3.89. The lowest BCUT2D eigenvalue weighted by molar-refractivity contribution is -0.132. The molecule has 6 heteroatoms. The van der Waals surface area contributed by atoms with E-state index in [0.717, 1.165) is 56.2 Å². The molecule has 5 nitrogen and oxygen atoms in total. The van der Waals surface area contributed by atoms with E-state index in [1.54, 1.807) is 0 Å². The maximum absolute atomic E-state index is 12.8. The van der Waals surface area contributed by atoms with Gasteiger partial charge >= 0.3 is 0 Å². The van der Waals surface area contributed by atoms with Crippen molar-refractivity contribution in [1.29, 1.82) is 0 Å². The summed E-state index contributed by atoms with van der Waals surface area (Å²) < 4.78 is 2.22. The summed E-state index contributed by atoms with van der Waals surface area (Å²) in [5.41, 5.74) is 3.76. The first-order chi connectivity index (χ1) is 11.6. The zero-order valence-electron chi connectivity index (χ0n) is 14.0. The number of carbonyl (C=O) groups excluding carboxylic acids is 1. The van der Waals surface area contributed by atoms with Crippen molar-refractivity contribution in [3.8, 4) is 0 Å². The minimum Gasteiger partial charge on any atom is -0.339 e. The number of piperazine rings is 1. The van der Waals surface area contributed by atoms with Crippen LogP contribution in [-0.2, 0) is 24.3 Å². The van der Waals surface area contributed by atoms with E-state index in [0.29, 0.717) is 6.54 Å². The van der Waals surface area contributed by atoms with Gasteiger partial charge < -0.3 is 19.7 Å². The summed E-state index contributed by atoms with van der Waals surface area (Å²) in [6, 6.07) is 6.02. The Balaban J connectivity index is 1.73. The minimum absolute atomic E-state index is 0.213. The topological polar surface area (TPSA) is 40.5 Å². The van der Waals surface area contributed by atoms with Crippen LogP contribution in [0.1, 0.15) is 11.3 Å². The molecule has 0 radical (unpaired) electrons. The predicted octanol–water partition coefficient (Wildman–Crippen LogP) is 1.71. The molecule has 2 aliphatic rings. The molecule has 24 heavy (non-hydrogen) atoms. The molecule has 0 bridgehead atoms. The first-order valence-corrected chi connectivity index (χ1v) is 8.98. The molecular weight excluding hydrogens is 324 g/mol. The van der Waals surface area contributed by atoms with E-state index in [-0.39, 0.29) is 5.91 Å². The summed E-state index contributed by atoms with van der Waals surface area (Å²) in [5.74, 6) is 0.213. The molecule has 3 heterocycles. The highest BCUT2D eigenvalue weighted by Crippen LogP contribution is 2.32. The van der Waals surface area contributed by atoms with Crippen LogP contribution in [0.25, 0.3) is 10.9 Å². The average molecular weight is 347 g/mol. The molecule has 1 N–H and O–H groups in total. The highest BCUT2D eigenvalue weighted by molar-refractivity contribution is 6.31. The number of fused-ring (bicyclic) bond motifs is 3. The van der Waals surface area contributed by atoms with Gasteiger partial charge in [0.25, 0.3) is 0 Å². The van der Waals surface area contributed by atoms with E-state index in [1.165, 1.54) is 16.6 Å². The Morgan fingerprint density at radius 3 is 2.83 bits per heavy atom. The molecule has 4 rings (SSSR count). The molecule has 1 amide bonds. The van der Waals surface area contributed by atoms with Crippen LogP contribution < -0.4 is 5.32 Å². The summed E-state index contributed by atoms with van der Waals surface area (Å²) in [5, 5.41) is 5.24. The predicted molar refractivity (Wildman–Crippen MR) is 96.4 cm³/mol. The summed E-state index contributed by atoms with van der Waals surface area (Å²) >= 11 is 6.23. The Labute approximate surface area is 147 Å². The third-order valence-corrected chi connectivity index (χ3v) is 5.41. The Kier molecular flexibility index (Phi) is 4.24. The van der Waals surface area contributed by atoms with Gasteiger partial charge in [0.2, 0.25) is 5.91 Å². The smallest absolute Gasteiger partial charge is 0.242 e. The second-order valence-corrected chi connectivity index (χ2v) is 7.23. The van der Waals surface area contributed by atoms with Crippen molar-refractivity contribution in [2.24, 2.45) is 0 Å². The molecule has 128 valence electrons. The first-order valence-electron chi connectivity index (χ1n) is 8.60. The van der Waals surface area contributed by atoms with Crippen molar-refractivity contribution in [3.63, 3.8) is 0 Å². The van der Waals surface area contributed by atoms with E-state index in [1.807, 2.05) is 17.0 Å². The molecule has 1 aromatic carbocycles. The Bertz CT molecular complexity index is 779. The molecule has 0 saturated carbocycles. The molecule has 2 aliphatic heterocycles. The standard InChI is InChI=1S/C18H23ClN4O/c1-21-7-4-17-15(11-21)14-10-13(19)2-3-16(14)23(17)12-18(24)22-8-5-20-6-9-22/h2-3,10,20H,4-9,11-12H2,1H3. The van der Waals surface area contributed by atoms with Gasteiger partial charge in [-0.3, -0.25) is 4.79 Å². The van der Waals surface area contributed by atoms with Crippen molar-refractivity contribution in [1.82, 2.24) is 19.7 Å². The maximum atomic E-state index is 12.8. The van der Waals surface area contributed by atoms with Gasteiger partial charge in [-0.25, -0.2) is 0 Å². The van der Waals surface area contributed by atoms with Crippen LogP contribution in [0.4, 0.5) is 0 Å². The number of halogens is 1. The van der Waals surface area contributed by atoms with Gasteiger partial charge in [-0.1, -0.05) is 11.6 Å². The molecule has 1 saturated heterocycles. The monoisotopic (exact) mass is 346 g/mol. The second-order valence-electron chi connectivity index (χ2n) is 6.79. The molecule has 2 aromatic rings. The molecule has 0 spiro atoms. The third kappa shape index (κ3) is 2.81. The first kappa shape index (κ1) is 15.9. The van der Waals surface area contributed by atoms with E-state index >= 15 is 0 Å². The van der Waals surface area contributed by atoms with E-state index in [9.17, 15) is 4.79 Å². The fraction of sp³-hybridized carbons (Fsp3) is 0.500. The van der Waals surface area contributed by atoms with E-state index in [4.69, 9.17) is 11.6 Å². The molecular formula is C18H23ClN4O. The molecule has 1 aromatic heterocycles. The SMILES string of the molecule is CN1CCc2c(c3cc(Cl)ccc3n2CC(=O)N2CCNCC2)C1. The largest absolute Gasteiger partial charge is 0.339 e. The number of hydrogen-bond donors (Lipinski definition) is 1. The summed E-state index contributed by atoms with van der Waals surface area (Å²) in [7, 11) is 2.14. The molecule has 1 fully saturated rings. The number of carbonyl (C=O) groups is 1. The molecule has 0 atom stereocenters. The summed E-state index contributed by atoms with van der Waals surface area (Å²) in [6.45, 7) is 5.74. The number of benzene rings is 1. The number of amides is 1. The zero-order valence-corrected chi connectivity index (χ0v) is 14.8. The van der Waals surface area contributed by atoms with Crippen LogP contribution >= 0.6 is 11.6 Å². The second kappa shape index (κ2) is 6.39. The van der Waals surface area contributed by atoms with Gasteiger partial charge in [-0.05, 0) is 30.8 Å². The quantitative estimate of drug-likeness (QED) is 0.900. The number of nitrogens with one attached hydrogen (secondary N) is 1. The van der Waals surface area contributed by atoms with Gasteiger partial charge in [-0.15, -0.1) is 0 Å². The van der Waals surface area contributed by atoms with Crippen LogP contribution in [-0.4, -0.2) is 60.0 Å². The Morgan fingerprint density at radius 1 is 1.25 bits per heavy atom. The van der Waals surface area contributed by atoms with Gasteiger partial charge in [0.1, 0.15) is 6.54 Å². The lowest BCUT2D eigenvalue weighted by Crippen LogP contribution is -2.47. The number of aromatic nitrogens is 1. The zero-order chi connectivity index (χ0) is 16.7. The maximum Gasteiger partial charge on any atom is 0.242 e. The van der Waals surface area contributed by atoms with E-state index < -0.39 is 0 Å². The van der Waals surface area contributed by atoms with Crippen molar-refractivity contribution in [3.05, 3.63) is 34.5 Å². The lowest BCUT2D eigenvalue weighted by atomic mass is 10.1. The van der Waals surface area contributed by atoms with Crippen LogP contribution in [0.15, 0.2) is 18.2 Å². The van der Waals surface area contributed by atoms with Crippen LogP contribution in [0.5, 0.6) is 0 Å². The van der Waals surface area contributed by atoms with Gasteiger partial charge in [-0.2, -0.15) is 0 Å². The highest BCUT2D eigenvalue weighted by Gasteiger charge is 2.25. The normalized spacial score (nSPS) is 18.8. The Morgan fingerprint density at radius 2 is 2.04 bits per heavy atom. The summed E-state index contributed by atoms with van der Waals surface area (Å²) in [4.78, 5) is 17.1. The highest BCUT2D eigenvalue weighted by atomic mass is 35.5. The number of nitrogens with zero attached hydrogens (tertiary/aromatic N) is 3. The Hall–Kier alpha value is -1.56. The lowest BCUT2D eigenvalue weighted by Gasteiger charge is -2.29. The molecule has 0 aliphatic carbocycles.